The van der Waals surface area contributed by atoms with Crippen LogP contribution in [-0.4, -0.2) is 66.6 Å². The van der Waals surface area contributed by atoms with Gasteiger partial charge in [0, 0.05) is 32.7 Å². The van der Waals surface area contributed by atoms with Crippen LogP contribution in [0.5, 0.6) is 0 Å². The lowest BCUT2D eigenvalue weighted by atomic mass is 10.0. The van der Waals surface area contributed by atoms with Gasteiger partial charge in [0.25, 0.3) is 0 Å². The fraction of sp³-hybridized carbons (Fsp3) is 0.800. The number of aliphatic hydroxyl groups excluding tert-OH is 1. The molecular formula is C10H20N4O2. The lowest BCUT2D eigenvalue weighted by Crippen LogP contribution is -2.45. The van der Waals surface area contributed by atoms with Gasteiger partial charge < -0.3 is 20.6 Å². The first-order valence-corrected chi connectivity index (χ1v) is 5.53. The van der Waals surface area contributed by atoms with Crippen LogP contribution < -0.4 is 5.73 Å². The minimum absolute atomic E-state index is 0.191. The maximum absolute atomic E-state index is 11.4. The highest BCUT2D eigenvalue weighted by atomic mass is 16.3. The Bertz CT molecular complexity index is 249. The van der Waals surface area contributed by atoms with Crippen molar-refractivity contribution in [1.82, 2.24) is 9.80 Å². The number of amides is 2. The quantitative estimate of drug-likeness (QED) is 0.503. The van der Waals surface area contributed by atoms with Gasteiger partial charge in [-0.15, -0.1) is 0 Å². The number of likely N-dealkylation sites (tertiary alicyclic amines) is 1. The molecule has 0 spiro atoms. The van der Waals surface area contributed by atoms with Crippen molar-refractivity contribution in [3.63, 3.8) is 0 Å². The Morgan fingerprint density at radius 1 is 1.62 bits per heavy atom. The predicted molar refractivity (Wildman–Crippen MR) is 62.4 cm³/mol. The summed E-state index contributed by atoms with van der Waals surface area (Å²) in [5, 5.41) is 8.81. The number of carbonyl (C=O) groups is 1. The standard InChI is InChI=1S/C10H20N4O2/c1-13(10(16)12-8-11)9-2-4-14(5-3-9)6-7-15/h8-9,15H,2-7H2,1H3,(H2,11,12,16). The van der Waals surface area contributed by atoms with Crippen molar-refractivity contribution >= 4 is 12.4 Å². The molecule has 16 heavy (non-hydrogen) atoms. The van der Waals surface area contributed by atoms with Gasteiger partial charge >= 0.3 is 6.03 Å². The van der Waals surface area contributed by atoms with Gasteiger partial charge in [0.1, 0.15) is 0 Å². The molecule has 1 saturated heterocycles. The zero-order valence-corrected chi connectivity index (χ0v) is 9.67. The topological polar surface area (TPSA) is 82.2 Å². The van der Waals surface area contributed by atoms with Crippen molar-refractivity contribution in [3.8, 4) is 0 Å². The lowest BCUT2D eigenvalue weighted by Gasteiger charge is -2.35. The number of urea groups is 1. The van der Waals surface area contributed by atoms with Gasteiger partial charge in [-0.2, -0.15) is 4.99 Å². The third-order valence-electron chi connectivity index (χ3n) is 3.01. The van der Waals surface area contributed by atoms with E-state index in [-0.39, 0.29) is 18.7 Å². The second kappa shape index (κ2) is 6.44. The summed E-state index contributed by atoms with van der Waals surface area (Å²) in [7, 11) is 1.75. The average molecular weight is 228 g/mol. The number of rotatable bonds is 3. The molecule has 0 radical (unpaired) electrons. The molecule has 1 aliphatic heterocycles. The Labute approximate surface area is 95.7 Å². The van der Waals surface area contributed by atoms with Gasteiger partial charge in [-0.05, 0) is 12.8 Å². The van der Waals surface area contributed by atoms with Crippen molar-refractivity contribution in [1.29, 1.82) is 0 Å². The number of aliphatic hydroxyl groups is 1. The molecule has 92 valence electrons. The molecular weight excluding hydrogens is 208 g/mol. The summed E-state index contributed by atoms with van der Waals surface area (Å²) in [5.74, 6) is 0. The first-order chi connectivity index (χ1) is 7.69. The number of carbonyl (C=O) groups excluding carboxylic acids is 1. The Balaban J connectivity index is 2.38. The van der Waals surface area contributed by atoms with Crippen LogP contribution in [-0.2, 0) is 0 Å². The number of hydrogen-bond acceptors (Lipinski definition) is 3. The van der Waals surface area contributed by atoms with Gasteiger partial charge in [0.15, 0.2) is 0 Å². The molecule has 0 bridgehead atoms. The molecule has 0 aromatic carbocycles. The van der Waals surface area contributed by atoms with E-state index in [0.29, 0.717) is 6.54 Å². The molecule has 1 aliphatic rings. The molecule has 2 amide bonds. The molecule has 1 rings (SSSR count). The molecule has 1 heterocycles. The minimum atomic E-state index is -0.289. The molecule has 0 saturated carbocycles. The first kappa shape index (κ1) is 12.9. The first-order valence-electron chi connectivity index (χ1n) is 5.53. The van der Waals surface area contributed by atoms with Gasteiger partial charge in [-0.25, -0.2) is 4.79 Å². The number of nitrogens with two attached hydrogens (primary N) is 1. The summed E-state index contributed by atoms with van der Waals surface area (Å²) in [6, 6.07) is -0.0609. The van der Waals surface area contributed by atoms with E-state index < -0.39 is 0 Å². The van der Waals surface area contributed by atoms with Crippen LogP contribution in [0.3, 0.4) is 0 Å². The second-order valence-electron chi connectivity index (χ2n) is 3.97. The highest BCUT2D eigenvalue weighted by Gasteiger charge is 2.24. The van der Waals surface area contributed by atoms with Crippen LogP contribution in [0.4, 0.5) is 4.79 Å². The molecule has 6 nitrogen and oxygen atoms in total. The van der Waals surface area contributed by atoms with Gasteiger partial charge in [-0.1, -0.05) is 0 Å². The zero-order chi connectivity index (χ0) is 12.0. The maximum atomic E-state index is 11.4. The third kappa shape index (κ3) is 3.46. The van der Waals surface area contributed by atoms with E-state index in [1.807, 2.05) is 0 Å². The normalized spacial score (nSPS) is 19.1. The highest BCUT2D eigenvalue weighted by Crippen LogP contribution is 2.15. The van der Waals surface area contributed by atoms with Crippen molar-refractivity contribution in [2.45, 2.75) is 18.9 Å². The smallest absolute Gasteiger partial charge is 0.344 e. The SMILES string of the molecule is CN(C(=O)/N=C/N)C1CCN(CCO)CC1. The summed E-state index contributed by atoms with van der Waals surface area (Å²) >= 11 is 0. The largest absolute Gasteiger partial charge is 0.395 e. The second-order valence-corrected chi connectivity index (χ2v) is 3.97. The monoisotopic (exact) mass is 228 g/mol. The molecule has 0 aliphatic carbocycles. The lowest BCUT2D eigenvalue weighted by molar-refractivity contribution is 0.122. The number of nitrogens with zero attached hydrogens (tertiary/aromatic N) is 3. The number of piperidine rings is 1. The fourth-order valence-electron chi connectivity index (χ4n) is 1.98. The molecule has 1 fully saturated rings. The number of aliphatic imine (C=N–C) groups is 1. The number of β-amino-alcohol motifs (C(OH)–C–C–N with tert-alkyl or cyclic N) is 1. The van der Waals surface area contributed by atoms with Gasteiger partial charge in [0.05, 0.1) is 12.9 Å². The molecule has 0 unspecified atom stereocenters. The van der Waals surface area contributed by atoms with Crippen molar-refractivity contribution in [2.24, 2.45) is 10.7 Å². The van der Waals surface area contributed by atoms with E-state index in [9.17, 15) is 4.79 Å². The molecule has 3 N–H and O–H groups in total. The van der Waals surface area contributed by atoms with E-state index >= 15 is 0 Å². The molecule has 0 aromatic rings. The van der Waals surface area contributed by atoms with E-state index in [1.54, 1.807) is 11.9 Å². The summed E-state index contributed by atoms with van der Waals surface area (Å²) in [6.45, 7) is 2.73. The van der Waals surface area contributed by atoms with E-state index in [4.69, 9.17) is 10.8 Å². The van der Waals surface area contributed by atoms with Crippen molar-refractivity contribution < 1.29 is 9.90 Å². The van der Waals surface area contributed by atoms with Crippen molar-refractivity contribution in [2.75, 3.05) is 33.3 Å². The minimum Gasteiger partial charge on any atom is -0.395 e. The fourth-order valence-corrected chi connectivity index (χ4v) is 1.98. The van der Waals surface area contributed by atoms with Crippen LogP contribution in [0.1, 0.15) is 12.8 Å². The zero-order valence-electron chi connectivity index (χ0n) is 9.67. The Kier molecular flexibility index (Phi) is 5.21. The van der Waals surface area contributed by atoms with Crippen LogP contribution in [0.2, 0.25) is 0 Å². The summed E-state index contributed by atoms with van der Waals surface area (Å²) in [5.41, 5.74) is 5.08. The van der Waals surface area contributed by atoms with E-state index in [0.717, 1.165) is 32.3 Å². The molecule has 6 heteroatoms. The van der Waals surface area contributed by atoms with E-state index in [2.05, 4.69) is 9.89 Å². The summed E-state index contributed by atoms with van der Waals surface area (Å²) < 4.78 is 0. The predicted octanol–water partition coefficient (Wildman–Crippen LogP) is -0.518. The van der Waals surface area contributed by atoms with Gasteiger partial charge in [0.2, 0.25) is 0 Å². The van der Waals surface area contributed by atoms with Crippen LogP contribution in [0.15, 0.2) is 4.99 Å². The Morgan fingerprint density at radius 3 is 2.75 bits per heavy atom. The Hall–Kier alpha value is -1.14. The summed E-state index contributed by atoms with van der Waals surface area (Å²) in [6.07, 6.45) is 2.87. The maximum Gasteiger partial charge on any atom is 0.344 e. The highest BCUT2D eigenvalue weighted by molar-refractivity contribution is 5.82. The van der Waals surface area contributed by atoms with Gasteiger partial charge in [-0.3, -0.25) is 0 Å². The van der Waals surface area contributed by atoms with Crippen molar-refractivity contribution in [3.05, 3.63) is 0 Å². The Morgan fingerprint density at radius 2 is 2.25 bits per heavy atom. The summed E-state index contributed by atoms with van der Waals surface area (Å²) in [4.78, 5) is 18.8. The third-order valence-corrected chi connectivity index (χ3v) is 3.01. The van der Waals surface area contributed by atoms with Crippen LogP contribution in [0.25, 0.3) is 0 Å². The van der Waals surface area contributed by atoms with Crippen LogP contribution in [0, 0.1) is 0 Å². The number of hydrogen-bond donors (Lipinski definition) is 2. The molecule has 0 atom stereocenters. The molecule has 0 aromatic heterocycles. The average Bonchev–Trinajstić information content (AvgIpc) is 2.30. The van der Waals surface area contributed by atoms with E-state index in [1.165, 1.54) is 0 Å². The van der Waals surface area contributed by atoms with Crippen LogP contribution >= 0.6 is 0 Å².